The fourth-order valence-electron chi connectivity index (χ4n) is 2.05. The number of pyridine rings is 1. The van der Waals surface area contributed by atoms with Gasteiger partial charge in [0.05, 0.1) is 11.6 Å². The fraction of sp³-hybridized carbons (Fsp3) is 0.200. The van der Waals surface area contributed by atoms with Crippen molar-refractivity contribution in [1.82, 2.24) is 9.97 Å². The van der Waals surface area contributed by atoms with Gasteiger partial charge >= 0.3 is 0 Å². The highest BCUT2D eigenvalue weighted by Crippen LogP contribution is 2.23. The van der Waals surface area contributed by atoms with Crippen molar-refractivity contribution in [2.75, 3.05) is 5.32 Å². The zero-order valence-corrected chi connectivity index (χ0v) is 11.6. The van der Waals surface area contributed by atoms with E-state index in [-0.39, 0.29) is 0 Å². The first-order valence-electron chi connectivity index (χ1n) is 6.37. The van der Waals surface area contributed by atoms with Crippen LogP contribution in [0.1, 0.15) is 16.8 Å². The number of hydrogen-bond acceptors (Lipinski definition) is 4. The van der Waals surface area contributed by atoms with E-state index in [2.05, 4.69) is 40.4 Å². The lowest BCUT2D eigenvalue weighted by molar-refractivity contribution is 1.09. The highest BCUT2D eigenvalue weighted by molar-refractivity contribution is 7.11. The largest absolute Gasteiger partial charge is 0.380 e. The van der Waals surface area contributed by atoms with Crippen LogP contribution in [-0.4, -0.2) is 9.97 Å². The molecule has 0 saturated carbocycles. The van der Waals surface area contributed by atoms with Gasteiger partial charge in [0.2, 0.25) is 0 Å². The summed E-state index contributed by atoms with van der Waals surface area (Å²) in [7, 11) is 0. The smallest absolute Gasteiger partial charge is 0.0925 e. The van der Waals surface area contributed by atoms with Gasteiger partial charge in [-0.25, -0.2) is 4.98 Å². The van der Waals surface area contributed by atoms with E-state index in [0.717, 1.165) is 24.0 Å². The molecule has 0 aliphatic rings. The summed E-state index contributed by atoms with van der Waals surface area (Å²) in [6.45, 7) is 2.95. The van der Waals surface area contributed by atoms with Crippen molar-refractivity contribution in [2.24, 2.45) is 0 Å². The van der Waals surface area contributed by atoms with Gasteiger partial charge in [-0.05, 0) is 18.6 Å². The number of benzene rings is 1. The van der Waals surface area contributed by atoms with E-state index in [1.54, 1.807) is 11.3 Å². The third-order valence-corrected chi connectivity index (χ3v) is 4.18. The second-order valence-electron chi connectivity index (χ2n) is 4.33. The molecule has 0 fully saturated rings. The van der Waals surface area contributed by atoms with E-state index < -0.39 is 0 Å². The summed E-state index contributed by atoms with van der Waals surface area (Å²) in [6.07, 6.45) is 6.69. The first kappa shape index (κ1) is 12.1. The van der Waals surface area contributed by atoms with Crippen LogP contribution >= 0.6 is 11.3 Å². The number of thiazole rings is 1. The summed E-state index contributed by atoms with van der Waals surface area (Å²) in [5, 5.41) is 7.04. The normalized spacial score (nSPS) is 10.8. The van der Waals surface area contributed by atoms with Gasteiger partial charge in [-0.15, -0.1) is 11.3 Å². The van der Waals surface area contributed by atoms with E-state index in [9.17, 15) is 0 Å². The van der Waals surface area contributed by atoms with Crippen molar-refractivity contribution < 1.29 is 0 Å². The summed E-state index contributed by atoms with van der Waals surface area (Å²) in [5.74, 6) is 0. The molecule has 2 aromatic heterocycles. The lowest BCUT2D eigenvalue weighted by Gasteiger charge is -2.08. The molecule has 19 heavy (non-hydrogen) atoms. The molecular formula is C15H15N3S. The molecule has 3 rings (SSSR count). The summed E-state index contributed by atoms with van der Waals surface area (Å²) >= 11 is 1.77. The average Bonchev–Trinajstić information content (AvgIpc) is 2.93. The van der Waals surface area contributed by atoms with Gasteiger partial charge in [-0.1, -0.05) is 19.1 Å². The van der Waals surface area contributed by atoms with Crippen molar-refractivity contribution in [3.8, 4) is 0 Å². The molecule has 0 aliphatic heterocycles. The van der Waals surface area contributed by atoms with Crippen LogP contribution in [0.25, 0.3) is 10.8 Å². The maximum absolute atomic E-state index is 4.38. The number of aromatic nitrogens is 2. The summed E-state index contributed by atoms with van der Waals surface area (Å²) in [6, 6.07) is 8.28. The van der Waals surface area contributed by atoms with Gasteiger partial charge in [-0.3, -0.25) is 4.98 Å². The van der Waals surface area contributed by atoms with Gasteiger partial charge in [0.25, 0.3) is 0 Å². The molecule has 0 atom stereocenters. The van der Waals surface area contributed by atoms with Crippen LogP contribution in [0.15, 0.2) is 42.9 Å². The number of fused-ring (bicyclic) bond motifs is 1. The molecule has 0 spiro atoms. The Bertz CT molecular complexity index is 685. The van der Waals surface area contributed by atoms with E-state index >= 15 is 0 Å². The molecule has 4 heteroatoms. The molecule has 3 nitrogen and oxygen atoms in total. The Morgan fingerprint density at radius 1 is 1.21 bits per heavy atom. The van der Waals surface area contributed by atoms with Crippen molar-refractivity contribution in [3.05, 3.63) is 52.7 Å². The van der Waals surface area contributed by atoms with E-state index in [4.69, 9.17) is 0 Å². The van der Waals surface area contributed by atoms with Crippen LogP contribution in [0.5, 0.6) is 0 Å². The Balaban J connectivity index is 1.81. The van der Waals surface area contributed by atoms with Crippen molar-refractivity contribution in [3.63, 3.8) is 0 Å². The molecule has 2 heterocycles. The van der Waals surface area contributed by atoms with E-state index in [1.807, 2.05) is 24.7 Å². The predicted octanol–water partition coefficient (Wildman–Crippen LogP) is 3.87. The summed E-state index contributed by atoms with van der Waals surface area (Å²) in [5.41, 5.74) is 1.14. The van der Waals surface area contributed by atoms with Crippen LogP contribution in [-0.2, 0) is 13.0 Å². The summed E-state index contributed by atoms with van der Waals surface area (Å²) < 4.78 is 0. The number of nitrogens with zero attached hydrogens (tertiary/aromatic N) is 2. The summed E-state index contributed by atoms with van der Waals surface area (Å²) in [4.78, 5) is 9.80. The third kappa shape index (κ3) is 2.58. The SMILES string of the molecule is CCc1ncc(CNc2cccc3cnccc23)s1. The minimum Gasteiger partial charge on any atom is -0.380 e. The molecule has 0 amide bonds. The molecule has 0 unspecified atom stereocenters. The Kier molecular flexibility index (Phi) is 3.42. The first-order valence-corrected chi connectivity index (χ1v) is 7.18. The molecule has 0 saturated heterocycles. The maximum Gasteiger partial charge on any atom is 0.0925 e. The number of hydrogen-bond donors (Lipinski definition) is 1. The molecule has 3 aromatic rings. The minimum atomic E-state index is 0.819. The van der Waals surface area contributed by atoms with E-state index in [1.165, 1.54) is 15.3 Å². The lowest BCUT2D eigenvalue weighted by atomic mass is 10.1. The average molecular weight is 269 g/mol. The Labute approximate surface area is 116 Å². The highest BCUT2D eigenvalue weighted by atomic mass is 32.1. The zero-order chi connectivity index (χ0) is 13.1. The van der Waals surface area contributed by atoms with Gasteiger partial charge < -0.3 is 5.32 Å². The molecule has 1 aromatic carbocycles. The van der Waals surface area contributed by atoms with Gasteiger partial charge in [0.1, 0.15) is 0 Å². The van der Waals surface area contributed by atoms with Gasteiger partial charge in [0.15, 0.2) is 0 Å². The van der Waals surface area contributed by atoms with Crippen molar-refractivity contribution in [2.45, 2.75) is 19.9 Å². The maximum atomic E-state index is 4.38. The molecule has 0 bridgehead atoms. The molecular weight excluding hydrogens is 254 g/mol. The minimum absolute atomic E-state index is 0.819. The second kappa shape index (κ2) is 5.36. The second-order valence-corrected chi connectivity index (χ2v) is 5.53. The van der Waals surface area contributed by atoms with Crippen LogP contribution in [0.3, 0.4) is 0 Å². The Morgan fingerprint density at radius 2 is 2.16 bits per heavy atom. The first-order chi connectivity index (χ1) is 9.36. The zero-order valence-electron chi connectivity index (χ0n) is 10.8. The molecule has 0 radical (unpaired) electrons. The lowest BCUT2D eigenvalue weighted by Crippen LogP contribution is -1.98. The number of anilines is 1. The fourth-order valence-corrected chi connectivity index (χ4v) is 2.85. The Morgan fingerprint density at radius 3 is 3.00 bits per heavy atom. The van der Waals surface area contributed by atoms with Crippen LogP contribution in [0, 0.1) is 0 Å². The van der Waals surface area contributed by atoms with Crippen molar-refractivity contribution in [1.29, 1.82) is 0 Å². The molecule has 1 N–H and O–H groups in total. The number of aryl methyl sites for hydroxylation is 1. The standard InChI is InChI=1S/C15H15N3S/c1-2-15-18-10-12(19-15)9-17-14-5-3-4-11-8-16-7-6-13(11)14/h3-8,10,17H,2,9H2,1H3. The molecule has 96 valence electrons. The van der Waals surface area contributed by atoms with Gasteiger partial charge in [-0.2, -0.15) is 0 Å². The van der Waals surface area contributed by atoms with Crippen LogP contribution in [0.4, 0.5) is 5.69 Å². The third-order valence-electron chi connectivity index (χ3n) is 3.04. The molecule has 0 aliphatic carbocycles. The number of nitrogens with one attached hydrogen (secondary N) is 1. The Hall–Kier alpha value is -1.94. The topological polar surface area (TPSA) is 37.8 Å². The highest BCUT2D eigenvalue weighted by Gasteiger charge is 2.03. The number of rotatable bonds is 4. The van der Waals surface area contributed by atoms with Gasteiger partial charge in [0, 0.05) is 39.9 Å². The van der Waals surface area contributed by atoms with Crippen LogP contribution in [0.2, 0.25) is 0 Å². The predicted molar refractivity (Wildman–Crippen MR) is 80.6 cm³/mol. The monoisotopic (exact) mass is 269 g/mol. The van der Waals surface area contributed by atoms with Crippen LogP contribution < -0.4 is 5.32 Å². The van der Waals surface area contributed by atoms with Crippen molar-refractivity contribution >= 4 is 27.8 Å². The van der Waals surface area contributed by atoms with E-state index in [0.29, 0.717) is 0 Å². The quantitative estimate of drug-likeness (QED) is 0.781.